The fourth-order valence-corrected chi connectivity index (χ4v) is 2.54. The molecule has 1 aromatic heterocycles. The Morgan fingerprint density at radius 1 is 1.28 bits per heavy atom. The summed E-state index contributed by atoms with van der Waals surface area (Å²) >= 11 is 0. The maximum Gasteiger partial charge on any atom is 0.335 e. The van der Waals surface area contributed by atoms with Gasteiger partial charge in [-0.3, -0.25) is 4.98 Å². The Bertz CT molecular complexity index is 623. The van der Waals surface area contributed by atoms with Gasteiger partial charge in [0.25, 0.3) is 0 Å². The van der Waals surface area contributed by atoms with Crippen LogP contribution in [0.3, 0.4) is 0 Å². The van der Waals surface area contributed by atoms with Crippen molar-refractivity contribution < 1.29 is 44.5 Å². The van der Waals surface area contributed by atoms with Crippen molar-refractivity contribution in [1.82, 2.24) is 4.98 Å². The van der Waals surface area contributed by atoms with E-state index in [1.54, 1.807) is 6.92 Å². The monoisotopic (exact) mass is 359 g/mol. The van der Waals surface area contributed by atoms with Crippen LogP contribution in [0.1, 0.15) is 16.8 Å². The molecule has 1 fully saturated rings. The molecule has 2 heterocycles. The quantitative estimate of drug-likeness (QED) is 0.396. The van der Waals surface area contributed by atoms with E-state index in [9.17, 15) is 25.2 Å². The molecule has 2 rings (SSSR count). The number of nitrogens with zero attached hydrogens (tertiary/aromatic N) is 1. The molecule has 140 valence electrons. The SMILES string of the molecule is COCc1c(CO)cnc(C)c1O[C@@H]1O[C@H](C(=O)O)[C@@H](O)[C@H](O)[C@H]1O. The predicted molar refractivity (Wildman–Crippen MR) is 80.6 cm³/mol. The summed E-state index contributed by atoms with van der Waals surface area (Å²) < 4.78 is 15.7. The van der Waals surface area contributed by atoms with Crippen molar-refractivity contribution in [1.29, 1.82) is 0 Å². The van der Waals surface area contributed by atoms with Gasteiger partial charge >= 0.3 is 5.97 Å². The normalized spacial score (nSPS) is 29.4. The van der Waals surface area contributed by atoms with Crippen LogP contribution in [0.5, 0.6) is 5.75 Å². The molecule has 5 atom stereocenters. The van der Waals surface area contributed by atoms with Crippen molar-refractivity contribution in [3.05, 3.63) is 23.0 Å². The number of rotatable bonds is 6. The van der Waals surface area contributed by atoms with E-state index in [0.29, 0.717) is 16.8 Å². The molecule has 0 amide bonds. The third-order valence-corrected chi connectivity index (χ3v) is 3.91. The van der Waals surface area contributed by atoms with Crippen LogP contribution in [0.15, 0.2) is 6.20 Å². The summed E-state index contributed by atoms with van der Waals surface area (Å²) in [6.45, 7) is 1.32. The van der Waals surface area contributed by atoms with Gasteiger partial charge in [-0.1, -0.05) is 0 Å². The van der Waals surface area contributed by atoms with Crippen molar-refractivity contribution in [2.24, 2.45) is 0 Å². The zero-order valence-electron chi connectivity index (χ0n) is 13.7. The molecule has 1 saturated heterocycles. The van der Waals surface area contributed by atoms with E-state index in [2.05, 4.69) is 4.98 Å². The zero-order chi connectivity index (χ0) is 18.7. The first-order valence-corrected chi connectivity index (χ1v) is 7.48. The minimum absolute atomic E-state index is 0.0605. The zero-order valence-corrected chi connectivity index (χ0v) is 13.7. The molecule has 1 aliphatic heterocycles. The van der Waals surface area contributed by atoms with Crippen molar-refractivity contribution in [2.45, 2.75) is 50.8 Å². The van der Waals surface area contributed by atoms with Gasteiger partial charge in [0.15, 0.2) is 6.10 Å². The highest BCUT2D eigenvalue weighted by molar-refractivity contribution is 5.73. The smallest absolute Gasteiger partial charge is 0.335 e. The Labute approximate surface area is 143 Å². The lowest BCUT2D eigenvalue weighted by Crippen LogP contribution is -2.61. The molecule has 10 heteroatoms. The number of aryl methyl sites for hydroxylation is 1. The van der Waals surface area contributed by atoms with Gasteiger partial charge in [-0.2, -0.15) is 0 Å². The van der Waals surface area contributed by atoms with Crippen LogP contribution in [0.25, 0.3) is 0 Å². The first-order valence-electron chi connectivity index (χ1n) is 7.48. The number of aliphatic carboxylic acids is 1. The number of methoxy groups -OCH3 is 1. The van der Waals surface area contributed by atoms with Gasteiger partial charge in [-0.25, -0.2) is 4.79 Å². The largest absolute Gasteiger partial charge is 0.479 e. The highest BCUT2D eigenvalue weighted by Gasteiger charge is 2.48. The molecule has 0 spiro atoms. The molecule has 0 unspecified atom stereocenters. The summed E-state index contributed by atoms with van der Waals surface area (Å²) in [4.78, 5) is 15.2. The molecule has 0 aromatic carbocycles. The third kappa shape index (κ3) is 3.89. The molecule has 1 aromatic rings. The fraction of sp³-hybridized carbons (Fsp3) is 0.600. The van der Waals surface area contributed by atoms with Gasteiger partial charge < -0.3 is 39.7 Å². The second kappa shape index (κ2) is 8.04. The maximum absolute atomic E-state index is 11.2. The van der Waals surface area contributed by atoms with Crippen LogP contribution in [0.4, 0.5) is 0 Å². The van der Waals surface area contributed by atoms with Crippen molar-refractivity contribution >= 4 is 5.97 Å². The number of hydrogen-bond acceptors (Lipinski definition) is 9. The maximum atomic E-state index is 11.2. The van der Waals surface area contributed by atoms with E-state index in [1.165, 1.54) is 13.3 Å². The fourth-order valence-electron chi connectivity index (χ4n) is 2.54. The number of pyridine rings is 1. The van der Waals surface area contributed by atoms with E-state index in [1.807, 2.05) is 0 Å². The average Bonchev–Trinajstić information content (AvgIpc) is 2.58. The third-order valence-electron chi connectivity index (χ3n) is 3.91. The number of aromatic nitrogens is 1. The molecule has 5 N–H and O–H groups in total. The Morgan fingerprint density at radius 3 is 2.52 bits per heavy atom. The summed E-state index contributed by atoms with van der Waals surface area (Å²) in [5.41, 5.74) is 1.25. The molecule has 0 aliphatic carbocycles. The van der Waals surface area contributed by atoms with E-state index in [-0.39, 0.29) is 19.0 Å². The van der Waals surface area contributed by atoms with Crippen LogP contribution < -0.4 is 4.74 Å². The van der Waals surface area contributed by atoms with Crippen molar-refractivity contribution in [2.75, 3.05) is 7.11 Å². The van der Waals surface area contributed by atoms with Gasteiger partial charge in [0.05, 0.1) is 18.9 Å². The lowest BCUT2D eigenvalue weighted by molar-refractivity contribution is -0.271. The number of carboxylic acid groups (broad SMARTS) is 1. The van der Waals surface area contributed by atoms with Crippen LogP contribution in [-0.4, -0.2) is 74.3 Å². The van der Waals surface area contributed by atoms with Crippen LogP contribution >= 0.6 is 0 Å². The number of ether oxygens (including phenoxy) is 3. The molecule has 0 saturated carbocycles. The molecule has 25 heavy (non-hydrogen) atoms. The van der Waals surface area contributed by atoms with E-state index in [0.717, 1.165) is 0 Å². The van der Waals surface area contributed by atoms with Gasteiger partial charge in [0, 0.05) is 24.4 Å². The van der Waals surface area contributed by atoms with Crippen LogP contribution in [0.2, 0.25) is 0 Å². The van der Waals surface area contributed by atoms with Gasteiger partial charge in [0.2, 0.25) is 6.29 Å². The van der Waals surface area contributed by atoms with Gasteiger partial charge in [-0.15, -0.1) is 0 Å². The molecular weight excluding hydrogens is 338 g/mol. The lowest BCUT2D eigenvalue weighted by Gasteiger charge is -2.38. The summed E-state index contributed by atoms with van der Waals surface area (Å²) in [6, 6.07) is 0. The standard InChI is InChI=1S/C15H21NO9/c1-6-12(8(5-23-2)7(4-17)3-16-6)24-15-11(20)9(18)10(19)13(25-15)14(21)22/h3,9-11,13,15,17-20H,4-5H2,1-2H3,(H,21,22)/t9-,10-,11+,13-,15+/m0/s1. The number of aliphatic hydroxyl groups excluding tert-OH is 4. The minimum Gasteiger partial charge on any atom is -0.479 e. The van der Waals surface area contributed by atoms with E-state index < -0.39 is 36.7 Å². The Kier molecular flexibility index (Phi) is 6.27. The number of carbonyl (C=O) groups is 1. The van der Waals surface area contributed by atoms with Gasteiger partial charge in [-0.05, 0) is 6.92 Å². The number of hydrogen-bond donors (Lipinski definition) is 5. The first kappa shape index (κ1) is 19.5. The predicted octanol–water partition coefficient (Wildman–Crippen LogP) is -1.70. The minimum atomic E-state index is -1.81. The molecule has 1 aliphatic rings. The summed E-state index contributed by atoms with van der Waals surface area (Å²) in [5, 5.41) is 48.1. The second-order valence-electron chi connectivity index (χ2n) is 5.62. The van der Waals surface area contributed by atoms with E-state index >= 15 is 0 Å². The Morgan fingerprint density at radius 2 is 1.96 bits per heavy atom. The molecular formula is C15H21NO9. The highest BCUT2D eigenvalue weighted by atomic mass is 16.7. The van der Waals surface area contributed by atoms with E-state index in [4.69, 9.17) is 19.3 Å². The van der Waals surface area contributed by atoms with Crippen LogP contribution in [0, 0.1) is 6.92 Å². The second-order valence-corrected chi connectivity index (χ2v) is 5.62. The number of carboxylic acids is 1. The summed E-state index contributed by atoms with van der Waals surface area (Å²) in [6.07, 6.45) is -7.19. The molecule has 0 bridgehead atoms. The lowest BCUT2D eigenvalue weighted by atomic mass is 9.99. The molecule has 0 radical (unpaired) electrons. The van der Waals surface area contributed by atoms with Gasteiger partial charge in [0.1, 0.15) is 24.1 Å². The summed E-state index contributed by atoms with van der Waals surface area (Å²) in [5.74, 6) is -1.38. The number of aliphatic hydroxyl groups is 4. The average molecular weight is 359 g/mol. The highest BCUT2D eigenvalue weighted by Crippen LogP contribution is 2.30. The van der Waals surface area contributed by atoms with Crippen molar-refractivity contribution in [3.63, 3.8) is 0 Å². The van der Waals surface area contributed by atoms with Crippen LogP contribution in [-0.2, 0) is 27.5 Å². The van der Waals surface area contributed by atoms with Crippen molar-refractivity contribution in [3.8, 4) is 5.75 Å². The summed E-state index contributed by atoms with van der Waals surface area (Å²) in [7, 11) is 1.44. The first-order chi connectivity index (χ1) is 11.8. The topological polar surface area (TPSA) is 159 Å². The Hall–Kier alpha value is -1.82. The Balaban J connectivity index is 2.36. The molecule has 10 nitrogen and oxygen atoms in total.